The predicted octanol–water partition coefficient (Wildman–Crippen LogP) is 3.24. The molecular formula is C20H21N3O3. The fraction of sp³-hybridized carbons (Fsp3) is 0.300. The molecule has 0 saturated carbocycles. The molecule has 26 heavy (non-hydrogen) atoms. The summed E-state index contributed by atoms with van der Waals surface area (Å²) < 4.78 is 10.7. The molecule has 2 aliphatic rings. The first-order chi connectivity index (χ1) is 12.7. The van der Waals surface area contributed by atoms with Crippen LogP contribution in [0, 0.1) is 0 Å². The van der Waals surface area contributed by atoms with Crippen LogP contribution in [0.1, 0.15) is 17.5 Å². The smallest absolute Gasteiger partial charge is 0.408 e. The van der Waals surface area contributed by atoms with Crippen molar-refractivity contribution < 1.29 is 14.3 Å². The Morgan fingerprint density at radius 3 is 2.85 bits per heavy atom. The number of methoxy groups -OCH3 is 1. The predicted molar refractivity (Wildman–Crippen MR) is 98.7 cm³/mol. The van der Waals surface area contributed by atoms with Crippen LogP contribution in [0.25, 0.3) is 0 Å². The molecule has 2 aromatic rings. The quantitative estimate of drug-likeness (QED) is 0.918. The van der Waals surface area contributed by atoms with E-state index >= 15 is 0 Å². The second-order valence-electron chi connectivity index (χ2n) is 6.40. The molecule has 0 unspecified atom stereocenters. The minimum absolute atomic E-state index is 0.292. The average Bonchev–Trinajstić information content (AvgIpc) is 3.06. The van der Waals surface area contributed by atoms with Crippen molar-refractivity contribution in [2.75, 3.05) is 13.7 Å². The molecule has 0 bridgehead atoms. The van der Waals surface area contributed by atoms with Gasteiger partial charge in [0.1, 0.15) is 11.6 Å². The summed E-state index contributed by atoms with van der Waals surface area (Å²) in [5.74, 6) is 1.64. The number of carbonyl (C=O) groups excluding carboxylic acids is 1. The number of para-hydroxylation sites is 1. The highest BCUT2D eigenvalue weighted by Gasteiger charge is 2.35. The molecule has 2 heterocycles. The maximum Gasteiger partial charge on any atom is 0.408 e. The molecule has 1 saturated heterocycles. The van der Waals surface area contributed by atoms with Crippen molar-refractivity contribution in [2.24, 2.45) is 4.99 Å². The van der Waals surface area contributed by atoms with Gasteiger partial charge in [0.05, 0.1) is 12.8 Å². The van der Waals surface area contributed by atoms with E-state index in [2.05, 4.69) is 16.3 Å². The molecule has 1 N–H and O–H groups in total. The average molecular weight is 351 g/mol. The summed E-state index contributed by atoms with van der Waals surface area (Å²) >= 11 is 0. The number of hydrogen-bond acceptors (Lipinski definition) is 5. The van der Waals surface area contributed by atoms with Gasteiger partial charge in [0.25, 0.3) is 0 Å². The first-order valence-electron chi connectivity index (χ1n) is 8.72. The Morgan fingerprint density at radius 2 is 2.04 bits per heavy atom. The summed E-state index contributed by atoms with van der Waals surface area (Å²) in [6.45, 7) is 2.08. The number of benzene rings is 2. The second-order valence-corrected chi connectivity index (χ2v) is 6.40. The number of ether oxygens (including phenoxy) is 2. The molecule has 2 aromatic carbocycles. The molecule has 1 atom stereocenters. The van der Waals surface area contributed by atoms with Crippen LogP contribution in [-0.2, 0) is 17.8 Å². The van der Waals surface area contributed by atoms with Gasteiger partial charge in [-0.2, -0.15) is 0 Å². The van der Waals surface area contributed by atoms with Crippen LogP contribution < -0.4 is 10.1 Å². The second kappa shape index (κ2) is 7.07. The number of nitrogens with one attached hydrogen (secondary N) is 1. The number of rotatable bonds is 4. The van der Waals surface area contributed by atoms with Crippen molar-refractivity contribution in [1.29, 1.82) is 0 Å². The van der Waals surface area contributed by atoms with Crippen molar-refractivity contribution in [3.63, 3.8) is 0 Å². The van der Waals surface area contributed by atoms with Crippen LogP contribution in [0.4, 0.5) is 10.5 Å². The minimum atomic E-state index is -0.422. The highest BCUT2D eigenvalue weighted by atomic mass is 16.6. The van der Waals surface area contributed by atoms with Gasteiger partial charge in [0, 0.05) is 26.1 Å². The van der Waals surface area contributed by atoms with Gasteiger partial charge in [-0.3, -0.25) is 0 Å². The summed E-state index contributed by atoms with van der Waals surface area (Å²) in [5, 5.41) is 2.80. The van der Waals surface area contributed by atoms with E-state index in [0.29, 0.717) is 6.54 Å². The number of carbonyl (C=O) groups is 1. The monoisotopic (exact) mass is 351 g/mol. The molecule has 6 heteroatoms. The van der Waals surface area contributed by atoms with Crippen LogP contribution in [0.5, 0.6) is 5.75 Å². The van der Waals surface area contributed by atoms with E-state index in [-0.39, 0.29) is 6.10 Å². The lowest BCUT2D eigenvalue weighted by Gasteiger charge is -2.26. The first kappa shape index (κ1) is 16.4. The van der Waals surface area contributed by atoms with Crippen molar-refractivity contribution in [3.05, 3.63) is 59.7 Å². The van der Waals surface area contributed by atoms with E-state index in [1.807, 2.05) is 42.5 Å². The Bertz CT molecular complexity index is 832. The van der Waals surface area contributed by atoms with Crippen molar-refractivity contribution >= 4 is 17.6 Å². The van der Waals surface area contributed by atoms with E-state index in [1.165, 1.54) is 5.56 Å². The SMILES string of the molecule is COc1ccc(CNC(=O)O[C@H]2CCN3Cc4ccccc4N=C23)cc1. The van der Waals surface area contributed by atoms with Crippen LogP contribution in [0.2, 0.25) is 0 Å². The van der Waals surface area contributed by atoms with Crippen molar-refractivity contribution in [1.82, 2.24) is 10.2 Å². The largest absolute Gasteiger partial charge is 0.497 e. The number of amidine groups is 1. The molecule has 1 fully saturated rings. The summed E-state index contributed by atoms with van der Waals surface area (Å²) in [7, 11) is 1.63. The van der Waals surface area contributed by atoms with Crippen LogP contribution in [0.3, 0.4) is 0 Å². The van der Waals surface area contributed by atoms with Gasteiger partial charge in [-0.1, -0.05) is 30.3 Å². The summed E-state index contributed by atoms with van der Waals surface area (Å²) in [5.41, 5.74) is 3.16. The Balaban J connectivity index is 1.36. The number of fused-ring (bicyclic) bond motifs is 2. The third-order valence-electron chi connectivity index (χ3n) is 4.71. The lowest BCUT2D eigenvalue weighted by atomic mass is 10.1. The third kappa shape index (κ3) is 3.35. The molecule has 0 radical (unpaired) electrons. The Morgan fingerprint density at radius 1 is 1.23 bits per heavy atom. The molecular weight excluding hydrogens is 330 g/mol. The topological polar surface area (TPSA) is 63.2 Å². The van der Waals surface area contributed by atoms with Gasteiger partial charge < -0.3 is 19.7 Å². The zero-order valence-corrected chi connectivity index (χ0v) is 14.6. The molecule has 134 valence electrons. The molecule has 0 aliphatic carbocycles. The molecule has 0 aromatic heterocycles. The molecule has 1 amide bonds. The highest BCUT2D eigenvalue weighted by Crippen LogP contribution is 2.31. The van der Waals surface area contributed by atoms with Gasteiger partial charge in [0.2, 0.25) is 0 Å². The summed E-state index contributed by atoms with van der Waals surface area (Å²) in [6.07, 6.45) is 0.0522. The molecule has 4 rings (SSSR count). The Labute approximate surface area is 152 Å². The van der Waals surface area contributed by atoms with Crippen LogP contribution in [0.15, 0.2) is 53.5 Å². The van der Waals surface area contributed by atoms with Crippen LogP contribution >= 0.6 is 0 Å². The highest BCUT2D eigenvalue weighted by molar-refractivity contribution is 5.93. The maximum absolute atomic E-state index is 12.2. The number of hydrogen-bond donors (Lipinski definition) is 1. The lowest BCUT2D eigenvalue weighted by Crippen LogP contribution is -2.36. The maximum atomic E-state index is 12.2. The fourth-order valence-corrected chi connectivity index (χ4v) is 3.31. The standard InChI is InChI=1S/C20H21N3O3/c1-25-16-8-6-14(7-9-16)12-21-20(24)26-18-10-11-23-13-15-4-2-3-5-17(15)22-19(18)23/h2-9,18H,10-13H2,1H3,(H,21,24)/t18-/m0/s1. The fourth-order valence-electron chi connectivity index (χ4n) is 3.31. The van der Waals surface area contributed by atoms with E-state index in [0.717, 1.165) is 42.3 Å². The number of nitrogens with zero attached hydrogens (tertiary/aromatic N) is 2. The number of alkyl carbamates (subject to hydrolysis) is 1. The Kier molecular flexibility index (Phi) is 4.48. The zero-order valence-electron chi connectivity index (χ0n) is 14.6. The van der Waals surface area contributed by atoms with E-state index in [9.17, 15) is 4.79 Å². The normalized spacial score (nSPS) is 17.8. The van der Waals surface area contributed by atoms with Gasteiger partial charge in [-0.25, -0.2) is 9.79 Å². The van der Waals surface area contributed by atoms with E-state index in [1.54, 1.807) is 7.11 Å². The van der Waals surface area contributed by atoms with E-state index in [4.69, 9.17) is 14.5 Å². The molecule has 6 nitrogen and oxygen atoms in total. The van der Waals surface area contributed by atoms with Gasteiger partial charge >= 0.3 is 6.09 Å². The number of amides is 1. The van der Waals surface area contributed by atoms with E-state index < -0.39 is 6.09 Å². The van der Waals surface area contributed by atoms with Gasteiger partial charge in [0.15, 0.2) is 6.10 Å². The summed E-state index contributed by atoms with van der Waals surface area (Å²) in [4.78, 5) is 19.1. The van der Waals surface area contributed by atoms with Crippen molar-refractivity contribution in [3.8, 4) is 5.75 Å². The van der Waals surface area contributed by atoms with Crippen molar-refractivity contribution in [2.45, 2.75) is 25.6 Å². The van der Waals surface area contributed by atoms with Crippen LogP contribution in [-0.4, -0.2) is 36.6 Å². The number of aliphatic imine (C=N–C) groups is 1. The Hall–Kier alpha value is -3.02. The first-order valence-corrected chi connectivity index (χ1v) is 8.72. The van der Waals surface area contributed by atoms with Gasteiger partial charge in [-0.15, -0.1) is 0 Å². The zero-order chi connectivity index (χ0) is 17.9. The molecule has 2 aliphatic heterocycles. The third-order valence-corrected chi connectivity index (χ3v) is 4.71. The lowest BCUT2D eigenvalue weighted by molar-refractivity contribution is 0.127. The minimum Gasteiger partial charge on any atom is -0.497 e. The van der Waals surface area contributed by atoms with Gasteiger partial charge in [-0.05, 0) is 29.3 Å². The summed E-state index contributed by atoms with van der Waals surface area (Å²) in [6, 6.07) is 15.7. The molecule has 0 spiro atoms.